The Morgan fingerprint density at radius 3 is 2.52 bits per heavy atom. The molecule has 0 spiro atoms. The molecule has 8 heteroatoms. The molecule has 0 unspecified atom stereocenters. The predicted molar refractivity (Wildman–Crippen MR) is 115 cm³/mol. The molecule has 6 nitrogen and oxygen atoms in total. The van der Waals surface area contributed by atoms with Crippen molar-refractivity contribution in [2.75, 3.05) is 10.0 Å². The third kappa shape index (κ3) is 4.49. The minimum atomic E-state index is -3.81. The van der Waals surface area contributed by atoms with Gasteiger partial charge in [0.05, 0.1) is 10.6 Å². The van der Waals surface area contributed by atoms with Crippen molar-refractivity contribution in [1.29, 1.82) is 0 Å². The molecule has 1 aliphatic rings. The fraction of sp³-hybridized carbons (Fsp3) is 0.238. The lowest BCUT2D eigenvalue weighted by Crippen LogP contribution is -2.17. The van der Waals surface area contributed by atoms with Crippen LogP contribution in [-0.2, 0) is 10.0 Å². The van der Waals surface area contributed by atoms with Crippen molar-refractivity contribution in [3.8, 4) is 0 Å². The van der Waals surface area contributed by atoms with E-state index in [2.05, 4.69) is 15.0 Å². The SMILES string of the molecule is Cc1ccc(NS(=O)(=O)c2ccc(C)c(C(=O)Nc3nc(C4CC4)cs3)c2)cc1. The fourth-order valence-electron chi connectivity index (χ4n) is 2.92. The van der Waals surface area contributed by atoms with Crippen LogP contribution in [0.25, 0.3) is 0 Å². The topological polar surface area (TPSA) is 88.2 Å². The molecule has 1 aromatic heterocycles. The van der Waals surface area contributed by atoms with E-state index in [1.165, 1.54) is 23.5 Å². The Kier molecular flexibility index (Phi) is 5.14. The van der Waals surface area contributed by atoms with Crippen LogP contribution in [0.2, 0.25) is 0 Å². The van der Waals surface area contributed by atoms with Crippen LogP contribution in [0.15, 0.2) is 52.7 Å². The summed E-state index contributed by atoms with van der Waals surface area (Å²) in [6.07, 6.45) is 2.29. The number of hydrogen-bond acceptors (Lipinski definition) is 5. The molecule has 1 fully saturated rings. The molecule has 1 saturated carbocycles. The number of hydrogen-bond donors (Lipinski definition) is 2. The maximum absolute atomic E-state index is 12.8. The van der Waals surface area contributed by atoms with Gasteiger partial charge < -0.3 is 0 Å². The molecular formula is C21H21N3O3S2. The molecule has 4 rings (SSSR count). The van der Waals surface area contributed by atoms with Crippen molar-refractivity contribution in [3.05, 3.63) is 70.2 Å². The number of thiazole rings is 1. The summed E-state index contributed by atoms with van der Waals surface area (Å²) in [5.74, 6) is 0.145. The molecule has 1 aliphatic carbocycles. The molecular weight excluding hydrogens is 406 g/mol. The average Bonchev–Trinajstić information content (AvgIpc) is 3.43. The molecule has 0 saturated heterocycles. The second-order valence-corrected chi connectivity index (χ2v) is 9.79. The summed E-state index contributed by atoms with van der Waals surface area (Å²) in [5.41, 5.74) is 3.52. The highest BCUT2D eigenvalue weighted by molar-refractivity contribution is 7.92. The summed E-state index contributed by atoms with van der Waals surface area (Å²) < 4.78 is 28.1. The molecule has 3 aromatic rings. The third-order valence-electron chi connectivity index (χ3n) is 4.81. The Balaban J connectivity index is 1.55. The van der Waals surface area contributed by atoms with Crippen LogP contribution in [0, 0.1) is 13.8 Å². The van der Waals surface area contributed by atoms with Gasteiger partial charge >= 0.3 is 0 Å². The molecule has 29 heavy (non-hydrogen) atoms. The molecule has 150 valence electrons. The van der Waals surface area contributed by atoms with E-state index in [0.29, 0.717) is 27.9 Å². The number of anilines is 2. The van der Waals surface area contributed by atoms with Gasteiger partial charge in [-0.2, -0.15) is 0 Å². The van der Waals surface area contributed by atoms with Gasteiger partial charge in [-0.05, 0) is 56.5 Å². The van der Waals surface area contributed by atoms with Gasteiger partial charge in [0.25, 0.3) is 15.9 Å². The Morgan fingerprint density at radius 2 is 1.83 bits per heavy atom. The van der Waals surface area contributed by atoms with Crippen molar-refractivity contribution in [2.24, 2.45) is 0 Å². The summed E-state index contributed by atoms with van der Waals surface area (Å²) in [7, 11) is -3.81. The molecule has 1 amide bonds. The van der Waals surface area contributed by atoms with Crippen LogP contribution in [0.4, 0.5) is 10.8 Å². The van der Waals surface area contributed by atoms with Gasteiger partial charge in [-0.1, -0.05) is 23.8 Å². The van der Waals surface area contributed by atoms with Crippen LogP contribution in [0.5, 0.6) is 0 Å². The number of rotatable bonds is 6. The quantitative estimate of drug-likeness (QED) is 0.597. The van der Waals surface area contributed by atoms with E-state index in [4.69, 9.17) is 0 Å². The fourth-order valence-corrected chi connectivity index (χ4v) is 4.79. The number of amides is 1. The van der Waals surface area contributed by atoms with Crippen molar-refractivity contribution >= 4 is 38.1 Å². The van der Waals surface area contributed by atoms with Gasteiger partial charge in [-0.3, -0.25) is 14.8 Å². The Labute approximate surface area is 174 Å². The first-order chi connectivity index (χ1) is 13.8. The van der Waals surface area contributed by atoms with Crippen molar-refractivity contribution < 1.29 is 13.2 Å². The van der Waals surface area contributed by atoms with Crippen LogP contribution in [0.1, 0.15) is 45.9 Å². The van der Waals surface area contributed by atoms with E-state index < -0.39 is 10.0 Å². The highest BCUT2D eigenvalue weighted by atomic mass is 32.2. The van der Waals surface area contributed by atoms with E-state index in [9.17, 15) is 13.2 Å². The number of aromatic nitrogens is 1. The number of nitrogens with one attached hydrogen (secondary N) is 2. The summed E-state index contributed by atoms with van der Waals surface area (Å²) in [6, 6.07) is 11.6. The minimum Gasteiger partial charge on any atom is -0.298 e. The summed E-state index contributed by atoms with van der Waals surface area (Å²) in [5, 5.41) is 5.28. The Morgan fingerprint density at radius 1 is 1.10 bits per heavy atom. The van der Waals surface area contributed by atoms with Crippen LogP contribution < -0.4 is 10.0 Å². The second-order valence-electron chi connectivity index (χ2n) is 7.25. The van der Waals surface area contributed by atoms with Crippen molar-refractivity contribution in [1.82, 2.24) is 4.98 Å². The molecule has 0 atom stereocenters. The molecule has 0 bridgehead atoms. The smallest absolute Gasteiger partial charge is 0.261 e. The van der Waals surface area contributed by atoms with E-state index in [1.54, 1.807) is 25.1 Å². The molecule has 0 radical (unpaired) electrons. The van der Waals surface area contributed by atoms with Gasteiger partial charge in [0, 0.05) is 22.5 Å². The zero-order valence-electron chi connectivity index (χ0n) is 16.1. The second kappa shape index (κ2) is 7.61. The number of sulfonamides is 1. The highest BCUT2D eigenvalue weighted by Crippen LogP contribution is 2.40. The first kappa shape index (κ1) is 19.6. The summed E-state index contributed by atoms with van der Waals surface area (Å²) in [6.45, 7) is 3.70. The number of carbonyl (C=O) groups excluding carboxylic acids is 1. The first-order valence-corrected chi connectivity index (χ1v) is 11.6. The third-order valence-corrected chi connectivity index (χ3v) is 6.96. The van der Waals surface area contributed by atoms with Gasteiger partial charge in [-0.25, -0.2) is 13.4 Å². The maximum Gasteiger partial charge on any atom is 0.261 e. The van der Waals surface area contributed by atoms with Gasteiger partial charge in [0.2, 0.25) is 0 Å². The number of carbonyl (C=O) groups is 1. The van der Waals surface area contributed by atoms with Crippen molar-refractivity contribution in [3.63, 3.8) is 0 Å². The number of aryl methyl sites for hydroxylation is 2. The van der Waals surface area contributed by atoms with Gasteiger partial charge in [0.1, 0.15) is 0 Å². The van der Waals surface area contributed by atoms with Gasteiger partial charge in [-0.15, -0.1) is 11.3 Å². The Hall–Kier alpha value is -2.71. The largest absolute Gasteiger partial charge is 0.298 e. The maximum atomic E-state index is 12.8. The normalized spacial score (nSPS) is 13.9. The standard InChI is InChI=1S/C21H21N3O3S2/c1-13-3-8-16(9-4-13)24-29(26,27)17-10-5-14(2)18(11-17)20(25)23-21-22-19(12-28-21)15-6-7-15/h3-5,8-12,15,24H,6-7H2,1-2H3,(H,22,23,25). The monoisotopic (exact) mass is 427 g/mol. The summed E-state index contributed by atoms with van der Waals surface area (Å²) >= 11 is 1.39. The first-order valence-electron chi connectivity index (χ1n) is 9.29. The average molecular weight is 428 g/mol. The Bertz CT molecular complexity index is 1160. The lowest BCUT2D eigenvalue weighted by molar-refractivity contribution is 0.102. The van der Waals surface area contributed by atoms with E-state index >= 15 is 0 Å². The van der Waals surface area contributed by atoms with Gasteiger partial charge in [0.15, 0.2) is 5.13 Å². The van der Waals surface area contributed by atoms with E-state index in [0.717, 1.165) is 24.1 Å². The van der Waals surface area contributed by atoms with Crippen molar-refractivity contribution in [2.45, 2.75) is 37.5 Å². The lowest BCUT2D eigenvalue weighted by Gasteiger charge is -2.11. The molecule has 2 aromatic carbocycles. The zero-order valence-corrected chi connectivity index (χ0v) is 17.7. The summed E-state index contributed by atoms with van der Waals surface area (Å²) in [4.78, 5) is 17.2. The lowest BCUT2D eigenvalue weighted by atomic mass is 10.1. The zero-order chi connectivity index (χ0) is 20.6. The highest BCUT2D eigenvalue weighted by Gasteiger charge is 2.26. The molecule has 1 heterocycles. The molecule has 0 aliphatic heterocycles. The van der Waals surface area contributed by atoms with E-state index in [1.807, 2.05) is 24.4 Å². The predicted octanol–water partition coefficient (Wildman–Crippen LogP) is 4.69. The molecule has 2 N–H and O–H groups in total. The number of benzene rings is 2. The van der Waals surface area contributed by atoms with E-state index in [-0.39, 0.29) is 10.8 Å². The van der Waals surface area contributed by atoms with Crippen LogP contribution >= 0.6 is 11.3 Å². The number of nitrogens with zero attached hydrogens (tertiary/aromatic N) is 1. The van der Waals surface area contributed by atoms with Crippen LogP contribution in [0.3, 0.4) is 0 Å². The van der Waals surface area contributed by atoms with Crippen LogP contribution in [-0.4, -0.2) is 19.3 Å². The minimum absolute atomic E-state index is 0.0339.